The van der Waals surface area contributed by atoms with Crippen LogP contribution < -0.4 is 15.6 Å². The van der Waals surface area contributed by atoms with E-state index in [1.807, 2.05) is 56.8 Å². The molecule has 1 N–H and O–H groups in total. The van der Waals surface area contributed by atoms with Gasteiger partial charge < -0.3 is 14.8 Å². The molecule has 4 aromatic rings. The molecule has 0 unspecified atom stereocenters. The highest BCUT2D eigenvalue weighted by molar-refractivity contribution is 6.31. The minimum absolute atomic E-state index is 0.0187. The molecule has 0 radical (unpaired) electrons. The van der Waals surface area contributed by atoms with Crippen LogP contribution in [0.2, 0.25) is 5.02 Å². The lowest BCUT2D eigenvalue weighted by Gasteiger charge is -2.28. The molecule has 0 amide bonds. The fourth-order valence-electron chi connectivity index (χ4n) is 4.81. The second-order valence-corrected chi connectivity index (χ2v) is 10.8. The summed E-state index contributed by atoms with van der Waals surface area (Å²) in [7, 11) is 0. The quantitative estimate of drug-likeness (QED) is 0.288. The number of pyridine rings is 3. The van der Waals surface area contributed by atoms with Crippen molar-refractivity contribution in [2.75, 3.05) is 18.0 Å². The maximum atomic E-state index is 13.9. The molecule has 0 saturated carbocycles. The molecule has 1 aliphatic rings. The number of aryl methyl sites for hydroxylation is 2. The Morgan fingerprint density at radius 2 is 1.77 bits per heavy atom. The number of benzene rings is 1. The summed E-state index contributed by atoms with van der Waals surface area (Å²) in [6, 6.07) is 11.1. The lowest BCUT2D eigenvalue weighted by molar-refractivity contribution is 0.577. The molecule has 8 heteroatoms. The van der Waals surface area contributed by atoms with Gasteiger partial charge in [-0.25, -0.2) is 4.39 Å². The lowest BCUT2D eigenvalue weighted by Crippen LogP contribution is -2.29. The number of nitrogens with zero attached hydrogens (tertiary/aromatic N) is 4. The monoisotopic (exact) mass is 549 g/mol. The third kappa shape index (κ3) is 7.43. The van der Waals surface area contributed by atoms with Gasteiger partial charge in [-0.1, -0.05) is 11.6 Å². The first-order chi connectivity index (χ1) is 18.7. The summed E-state index contributed by atoms with van der Waals surface area (Å²) in [5.74, 6) is -0.580. The van der Waals surface area contributed by atoms with Crippen LogP contribution in [0.3, 0.4) is 0 Å². The number of halogens is 2. The highest BCUT2D eigenvalue weighted by Crippen LogP contribution is 2.24. The molecule has 1 saturated heterocycles. The molecule has 6 nitrogen and oxygen atoms in total. The van der Waals surface area contributed by atoms with Gasteiger partial charge in [0.25, 0.3) is 0 Å². The molecule has 0 bridgehead atoms. The van der Waals surface area contributed by atoms with E-state index in [-0.39, 0.29) is 16.5 Å². The summed E-state index contributed by atoms with van der Waals surface area (Å²) in [5.41, 5.74) is 5.49. The average Bonchev–Trinajstić information content (AvgIpc) is 2.92. The molecule has 39 heavy (non-hydrogen) atoms. The first-order valence-corrected chi connectivity index (χ1v) is 13.9. The van der Waals surface area contributed by atoms with E-state index in [0.717, 1.165) is 17.0 Å². The third-order valence-electron chi connectivity index (χ3n) is 6.93. The van der Waals surface area contributed by atoms with Gasteiger partial charge in [0, 0.05) is 67.0 Å². The van der Waals surface area contributed by atoms with Crippen LogP contribution in [0.4, 0.5) is 10.1 Å². The van der Waals surface area contributed by atoms with Crippen LogP contribution >= 0.6 is 11.6 Å². The Bertz CT molecular complexity index is 1460. The summed E-state index contributed by atoms with van der Waals surface area (Å²) in [4.78, 5) is 23.7. The van der Waals surface area contributed by atoms with E-state index in [0.29, 0.717) is 29.6 Å². The molecule has 4 heterocycles. The summed E-state index contributed by atoms with van der Waals surface area (Å²) < 4.78 is 15.9. The number of rotatable bonds is 6. The number of hydrogen-bond donors (Lipinski definition) is 1. The highest BCUT2D eigenvalue weighted by atomic mass is 35.5. The molecule has 0 atom stereocenters. The van der Waals surface area contributed by atoms with Crippen molar-refractivity contribution in [3.63, 3.8) is 0 Å². The van der Waals surface area contributed by atoms with E-state index < -0.39 is 5.82 Å². The van der Waals surface area contributed by atoms with E-state index >= 15 is 0 Å². The van der Waals surface area contributed by atoms with Crippen LogP contribution in [0.15, 0.2) is 59.8 Å². The highest BCUT2D eigenvalue weighted by Gasteiger charge is 2.14. The van der Waals surface area contributed by atoms with Crippen molar-refractivity contribution >= 4 is 28.2 Å². The Kier molecular flexibility index (Phi) is 9.70. The van der Waals surface area contributed by atoms with Gasteiger partial charge in [-0.2, -0.15) is 0 Å². The molecule has 1 aliphatic heterocycles. The molecule has 206 valence electrons. The van der Waals surface area contributed by atoms with Crippen molar-refractivity contribution in [2.45, 2.75) is 66.1 Å². The SMILES string of the molecule is Cc1cc(CNCc2cn(C(C)C)c3cc(Cl)c(F)cc3c2=O)ccn1.Cc1ccc(N2CCCCC2)cn1. The normalized spacial score (nSPS) is 13.5. The fourth-order valence-corrected chi connectivity index (χ4v) is 4.97. The largest absolute Gasteiger partial charge is 0.370 e. The first kappa shape index (κ1) is 28.7. The summed E-state index contributed by atoms with van der Waals surface area (Å²) in [6.07, 6.45) is 9.62. The Balaban J connectivity index is 0.000000226. The smallest absolute Gasteiger partial charge is 0.193 e. The van der Waals surface area contributed by atoms with Crippen LogP contribution in [0.5, 0.6) is 0 Å². The summed E-state index contributed by atoms with van der Waals surface area (Å²) >= 11 is 5.91. The Morgan fingerprint density at radius 3 is 2.44 bits per heavy atom. The maximum Gasteiger partial charge on any atom is 0.193 e. The molecular weight excluding hydrogens is 513 g/mol. The van der Waals surface area contributed by atoms with Crippen molar-refractivity contribution in [3.8, 4) is 0 Å². The number of nitrogens with one attached hydrogen (secondary N) is 1. The van der Waals surface area contributed by atoms with Gasteiger partial charge in [-0.3, -0.25) is 14.8 Å². The molecular formula is C31H37ClFN5O. The van der Waals surface area contributed by atoms with Crippen LogP contribution in [-0.2, 0) is 13.1 Å². The van der Waals surface area contributed by atoms with Gasteiger partial charge in [0.1, 0.15) is 5.82 Å². The number of anilines is 1. The van der Waals surface area contributed by atoms with Crippen molar-refractivity contribution in [1.82, 2.24) is 19.9 Å². The van der Waals surface area contributed by atoms with Crippen LogP contribution in [0.25, 0.3) is 10.9 Å². The number of hydrogen-bond acceptors (Lipinski definition) is 5. The predicted molar refractivity (Wildman–Crippen MR) is 158 cm³/mol. The van der Waals surface area contributed by atoms with E-state index in [4.69, 9.17) is 11.6 Å². The van der Waals surface area contributed by atoms with Crippen LogP contribution in [-0.4, -0.2) is 27.6 Å². The molecule has 1 aromatic carbocycles. The zero-order chi connectivity index (χ0) is 27.9. The Hall–Kier alpha value is -3.29. The molecule has 1 fully saturated rings. The second kappa shape index (κ2) is 13.2. The van der Waals surface area contributed by atoms with Crippen molar-refractivity contribution in [3.05, 3.63) is 98.6 Å². The predicted octanol–water partition coefficient (Wildman–Crippen LogP) is 6.75. The fraction of sp³-hybridized carbons (Fsp3) is 0.387. The van der Waals surface area contributed by atoms with Gasteiger partial charge in [0.05, 0.1) is 22.4 Å². The van der Waals surface area contributed by atoms with E-state index in [1.54, 1.807) is 6.20 Å². The van der Waals surface area contributed by atoms with Gasteiger partial charge >= 0.3 is 0 Å². The maximum absolute atomic E-state index is 13.9. The average molecular weight is 550 g/mol. The van der Waals surface area contributed by atoms with Crippen molar-refractivity contribution in [2.24, 2.45) is 0 Å². The minimum Gasteiger partial charge on any atom is -0.370 e. The molecule has 3 aromatic heterocycles. The zero-order valence-electron chi connectivity index (χ0n) is 23.2. The van der Waals surface area contributed by atoms with Gasteiger partial charge in [-0.15, -0.1) is 0 Å². The summed E-state index contributed by atoms with van der Waals surface area (Å²) in [6.45, 7) is 11.4. The minimum atomic E-state index is -0.580. The van der Waals surface area contributed by atoms with Crippen molar-refractivity contribution < 1.29 is 4.39 Å². The molecule has 5 rings (SSSR count). The third-order valence-corrected chi connectivity index (χ3v) is 7.22. The van der Waals surface area contributed by atoms with Gasteiger partial charge in [0.15, 0.2) is 5.43 Å². The lowest BCUT2D eigenvalue weighted by atomic mass is 10.1. The Labute approximate surface area is 234 Å². The van der Waals surface area contributed by atoms with Gasteiger partial charge in [-0.05, 0) is 88.9 Å². The Morgan fingerprint density at radius 1 is 1.00 bits per heavy atom. The molecule has 0 spiro atoms. The number of piperidine rings is 1. The second-order valence-electron chi connectivity index (χ2n) is 10.4. The van der Waals surface area contributed by atoms with E-state index in [2.05, 4.69) is 32.3 Å². The zero-order valence-corrected chi connectivity index (χ0v) is 23.9. The van der Waals surface area contributed by atoms with Crippen LogP contribution in [0.1, 0.15) is 61.7 Å². The summed E-state index contributed by atoms with van der Waals surface area (Å²) in [5, 5.41) is 3.65. The topological polar surface area (TPSA) is 63.1 Å². The van der Waals surface area contributed by atoms with Crippen LogP contribution in [0, 0.1) is 19.7 Å². The van der Waals surface area contributed by atoms with E-state index in [1.165, 1.54) is 50.2 Å². The standard InChI is InChI=1S/C20H21ClFN3O.C11H16N2/c1-12(2)25-11-15(10-23-9-14-4-5-24-13(3)6-14)20(26)16-7-18(22)17(21)8-19(16)25;1-10-5-6-11(9-12-10)13-7-3-2-4-8-13/h4-8,11-12,23H,9-10H2,1-3H3;5-6,9H,2-4,7-8H2,1H3. The van der Waals surface area contributed by atoms with Gasteiger partial charge in [0.2, 0.25) is 0 Å². The number of aromatic nitrogens is 3. The van der Waals surface area contributed by atoms with Crippen molar-refractivity contribution in [1.29, 1.82) is 0 Å². The van der Waals surface area contributed by atoms with E-state index in [9.17, 15) is 9.18 Å². The molecule has 0 aliphatic carbocycles. The number of fused-ring (bicyclic) bond motifs is 1. The first-order valence-electron chi connectivity index (χ1n) is 13.6.